The summed E-state index contributed by atoms with van der Waals surface area (Å²) in [6.45, 7) is 0.413. The van der Waals surface area contributed by atoms with Crippen LogP contribution in [-0.2, 0) is 4.74 Å². The minimum Gasteiger partial charge on any atom is -0.484 e. The lowest BCUT2D eigenvalue weighted by atomic mass is 10.3. The van der Waals surface area contributed by atoms with Crippen LogP contribution >= 0.6 is 23.2 Å². The molecule has 1 aromatic rings. The number of ether oxygens (including phenoxy) is 2. The van der Waals surface area contributed by atoms with Gasteiger partial charge in [-0.05, 0) is 0 Å². The van der Waals surface area contributed by atoms with Gasteiger partial charge in [0.05, 0.1) is 34.8 Å². The third-order valence-electron chi connectivity index (χ3n) is 1.92. The zero-order valence-electron chi connectivity index (χ0n) is 9.27. The Kier molecular flexibility index (Phi) is 6.14. The van der Waals surface area contributed by atoms with Gasteiger partial charge in [0.2, 0.25) is 0 Å². The van der Waals surface area contributed by atoms with Crippen LogP contribution in [0.3, 0.4) is 0 Å². The van der Waals surface area contributed by atoms with E-state index < -0.39 is 4.92 Å². The molecule has 0 amide bonds. The number of nitro benzene ring substituents is 1. The summed E-state index contributed by atoms with van der Waals surface area (Å²) < 4.78 is 10.1. The molecular formula is C10H11Cl2NO5. The van der Waals surface area contributed by atoms with E-state index >= 15 is 0 Å². The minimum atomic E-state index is -0.605. The number of halogens is 2. The number of rotatable bonds is 7. The molecule has 1 aromatic carbocycles. The van der Waals surface area contributed by atoms with E-state index in [4.69, 9.17) is 37.8 Å². The van der Waals surface area contributed by atoms with Crippen LogP contribution in [0.2, 0.25) is 10.0 Å². The second kappa shape index (κ2) is 7.38. The van der Waals surface area contributed by atoms with Crippen LogP contribution in [0.25, 0.3) is 0 Å². The number of nitrogens with zero attached hydrogens (tertiary/aromatic N) is 1. The predicted molar refractivity (Wildman–Crippen MR) is 66.5 cm³/mol. The molecule has 8 heteroatoms. The molecule has 0 spiro atoms. The quantitative estimate of drug-likeness (QED) is 0.474. The molecule has 0 unspecified atom stereocenters. The van der Waals surface area contributed by atoms with Gasteiger partial charge in [-0.2, -0.15) is 0 Å². The number of hydrogen-bond acceptors (Lipinski definition) is 5. The molecule has 0 radical (unpaired) electrons. The van der Waals surface area contributed by atoms with Gasteiger partial charge >= 0.3 is 5.69 Å². The van der Waals surface area contributed by atoms with E-state index in [0.29, 0.717) is 0 Å². The van der Waals surface area contributed by atoms with Crippen molar-refractivity contribution in [2.45, 2.75) is 0 Å². The van der Waals surface area contributed by atoms with Gasteiger partial charge in [-0.25, -0.2) is 0 Å². The van der Waals surface area contributed by atoms with Gasteiger partial charge in [0, 0.05) is 12.1 Å². The number of aliphatic hydroxyl groups excluding tert-OH is 1. The first-order valence-corrected chi connectivity index (χ1v) is 5.76. The minimum absolute atomic E-state index is 0.0296. The molecule has 0 atom stereocenters. The third-order valence-corrected chi connectivity index (χ3v) is 2.64. The van der Waals surface area contributed by atoms with E-state index in [1.54, 1.807) is 0 Å². The highest BCUT2D eigenvalue weighted by Crippen LogP contribution is 2.35. The largest absolute Gasteiger partial charge is 0.484 e. The smallest absolute Gasteiger partial charge is 0.312 e. The molecule has 0 bridgehead atoms. The number of benzene rings is 1. The third kappa shape index (κ3) is 4.30. The van der Waals surface area contributed by atoms with Crippen LogP contribution < -0.4 is 4.74 Å². The first kappa shape index (κ1) is 15.0. The van der Waals surface area contributed by atoms with Gasteiger partial charge in [0.15, 0.2) is 5.75 Å². The topological polar surface area (TPSA) is 81.8 Å². The average molecular weight is 296 g/mol. The molecule has 18 heavy (non-hydrogen) atoms. The van der Waals surface area contributed by atoms with Gasteiger partial charge in [-0.1, -0.05) is 23.2 Å². The SMILES string of the molecule is O=[N+]([O-])c1cc(Cl)c(Cl)cc1OCCOCCO. The highest BCUT2D eigenvalue weighted by molar-refractivity contribution is 6.42. The van der Waals surface area contributed by atoms with E-state index in [9.17, 15) is 10.1 Å². The maximum absolute atomic E-state index is 10.8. The van der Waals surface area contributed by atoms with E-state index in [1.165, 1.54) is 6.07 Å². The van der Waals surface area contributed by atoms with Crippen LogP contribution in [0.15, 0.2) is 12.1 Å². The summed E-state index contributed by atoms with van der Waals surface area (Å²) in [5.74, 6) is 0.0296. The standard InChI is InChI=1S/C10H11Cl2NO5/c11-7-5-9(13(15)16)10(6-8(7)12)18-4-3-17-2-1-14/h5-6,14H,1-4H2. The summed E-state index contributed by atoms with van der Waals surface area (Å²) in [5.41, 5.74) is -0.258. The highest BCUT2D eigenvalue weighted by atomic mass is 35.5. The molecule has 0 aromatic heterocycles. The molecule has 0 saturated carbocycles. The average Bonchev–Trinajstić information content (AvgIpc) is 2.32. The fourth-order valence-electron chi connectivity index (χ4n) is 1.15. The van der Waals surface area contributed by atoms with E-state index in [0.717, 1.165) is 6.07 Å². The zero-order valence-corrected chi connectivity index (χ0v) is 10.8. The Balaban J connectivity index is 2.68. The number of aliphatic hydroxyl groups is 1. The number of hydrogen-bond donors (Lipinski definition) is 1. The van der Waals surface area contributed by atoms with Crippen molar-refractivity contribution < 1.29 is 19.5 Å². The van der Waals surface area contributed by atoms with Crippen LogP contribution in [0.4, 0.5) is 5.69 Å². The molecule has 0 heterocycles. The molecule has 0 fully saturated rings. The Labute approximate surface area is 113 Å². The summed E-state index contributed by atoms with van der Waals surface area (Å²) in [6, 6.07) is 2.42. The van der Waals surface area contributed by atoms with Gasteiger partial charge in [-0.3, -0.25) is 10.1 Å². The van der Waals surface area contributed by atoms with Crippen molar-refractivity contribution in [3.63, 3.8) is 0 Å². The fraction of sp³-hybridized carbons (Fsp3) is 0.400. The van der Waals surface area contributed by atoms with Crippen LogP contribution in [0.5, 0.6) is 5.75 Å². The second-order valence-corrected chi connectivity index (χ2v) is 3.99. The van der Waals surface area contributed by atoms with Crippen molar-refractivity contribution in [1.82, 2.24) is 0 Å². The van der Waals surface area contributed by atoms with Gasteiger partial charge in [-0.15, -0.1) is 0 Å². The van der Waals surface area contributed by atoms with Crippen LogP contribution in [0.1, 0.15) is 0 Å². The Bertz CT molecular complexity index is 427. The maximum Gasteiger partial charge on any atom is 0.312 e. The van der Waals surface area contributed by atoms with Gasteiger partial charge in [0.25, 0.3) is 0 Å². The summed E-state index contributed by atoms with van der Waals surface area (Å²) in [4.78, 5) is 10.2. The summed E-state index contributed by atoms with van der Waals surface area (Å²) in [6.07, 6.45) is 0. The van der Waals surface area contributed by atoms with Crippen LogP contribution in [-0.4, -0.2) is 36.5 Å². The van der Waals surface area contributed by atoms with E-state index in [-0.39, 0.29) is 47.9 Å². The zero-order chi connectivity index (χ0) is 13.5. The van der Waals surface area contributed by atoms with Crippen LogP contribution in [0, 0.1) is 10.1 Å². The lowest BCUT2D eigenvalue weighted by molar-refractivity contribution is -0.385. The van der Waals surface area contributed by atoms with Crippen molar-refractivity contribution >= 4 is 28.9 Å². The van der Waals surface area contributed by atoms with Gasteiger partial charge < -0.3 is 14.6 Å². The first-order chi connectivity index (χ1) is 8.56. The second-order valence-electron chi connectivity index (χ2n) is 3.18. The molecule has 6 nitrogen and oxygen atoms in total. The Morgan fingerprint density at radius 3 is 2.50 bits per heavy atom. The van der Waals surface area contributed by atoms with Crippen molar-refractivity contribution in [1.29, 1.82) is 0 Å². The van der Waals surface area contributed by atoms with Crippen molar-refractivity contribution in [2.75, 3.05) is 26.4 Å². The van der Waals surface area contributed by atoms with E-state index in [1.807, 2.05) is 0 Å². The maximum atomic E-state index is 10.8. The molecule has 100 valence electrons. The molecule has 0 aliphatic rings. The monoisotopic (exact) mass is 295 g/mol. The Morgan fingerprint density at radius 2 is 1.89 bits per heavy atom. The molecule has 0 saturated heterocycles. The summed E-state index contributed by atoms with van der Waals surface area (Å²) >= 11 is 11.4. The predicted octanol–water partition coefficient (Wildman–Crippen LogP) is 2.29. The summed E-state index contributed by atoms with van der Waals surface area (Å²) in [5, 5.41) is 19.5. The van der Waals surface area contributed by atoms with Crippen molar-refractivity contribution in [3.05, 3.63) is 32.3 Å². The Morgan fingerprint density at radius 1 is 1.22 bits per heavy atom. The van der Waals surface area contributed by atoms with Gasteiger partial charge in [0.1, 0.15) is 6.61 Å². The lowest BCUT2D eigenvalue weighted by Crippen LogP contribution is -2.10. The molecule has 1 rings (SSSR count). The number of nitro groups is 1. The molecular weight excluding hydrogens is 285 g/mol. The molecule has 0 aliphatic heterocycles. The lowest BCUT2D eigenvalue weighted by Gasteiger charge is -2.08. The molecule has 0 aliphatic carbocycles. The van der Waals surface area contributed by atoms with E-state index in [2.05, 4.69) is 0 Å². The molecule has 1 N–H and O–H groups in total. The van der Waals surface area contributed by atoms with Crippen molar-refractivity contribution in [2.24, 2.45) is 0 Å². The fourth-order valence-corrected chi connectivity index (χ4v) is 1.47. The summed E-state index contributed by atoms with van der Waals surface area (Å²) in [7, 11) is 0. The normalized spacial score (nSPS) is 10.4. The Hall–Kier alpha value is -1.08. The highest BCUT2D eigenvalue weighted by Gasteiger charge is 2.18. The van der Waals surface area contributed by atoms with Crippen molar-refractivity contribution in [3.8, 4) is 5.75 Å². The first-order valence-electron chi connectivity index (χ1n) is 5.01.